The number of hydrogen-bond acceptors (Lipinski definition) is 6. The van der Waals surface area contributed by atoms with E-state index in [4.69, 9.17) is 0 Å². The Morgan fingerprint density at radius 2 is 1.60 bits per heavy atom. The number of ketones is 1. The van der Waals surface area contributed by atoms with Crippen molar-refractivity contribution >= 4 is 27.4 Å². The van der Waals surface area contributed by atoms with Crippen molar-refractivity contribution in [3.05, 3.63) is 71.5 Å². The molecule has 2 amide bonds. The zero-order valence-electron chi connectivity index (χ0n) is 22.0. The second-order valence-electron chi connectivity index (χ2n) is 10.2. The molecule has 40 heavy (non-hydrogen) atoms. The molecule has 0 spiro atoms. The minimum Gasteiger partial charge on any atom is -0.345 e. The molecule has 2 N–H and O–H groups in total. The van der Waals surface area contributed by atoms with Crippen LogP contribution in [0.2, 0.25) is 0 Å². The summed E-state index contributed by atoms with van der Waals surface area (Å²) in [6.45, 7) is 2.11. The highest BCUT2D eigenvalue weighted by atomic mass is 32.2. The molecule has 3 rings (SSSR count). The summed E-state index contributed by atoms with van der Waals surface area (Å²) >= 11 is 0. The fourth-order valence-corrected chi connectivity index (χ4v) is 5.69. The van der Waals surface area contributed by atoms with Gasteiger partial charge < -0.3 is 5.32 Å². The van der Waals surface area contributed by atoms with Gasteiger partial charge in [0.25, 0.3) is 5.91 Å². The minimum atomic E-state index is -5.02. The Balaban J connectivity index is 1.88. The molecule has 1 saturated carbocycles. The molecule has 1 atom stereocenters. The average Bonchev–Trinajstić information content (AvgIpc) is 3.69. The average molecular weight is 586 g/mol. The number of carbonyl (C=O) groups excluding carboxylic acids is 3. The summed E-state index contributed by atoms with van der Waals surface area (Å²) < 4.78 is 80.7. The van der Waals surface area contributed by atoms with Crippen LogP contribution in [0.15, 0.2) is 54.6 Å². The maximum atomic E-state index is 14.2. The van der Waals surface area contributed by atoms with E-state index in [1.807, 2.05) is 5.43 Å². The van der Waals surface area contributed by atoms with Crippen LogP contribution >= 0.6 is 0 Å². The highest BCUT2D eigenvalue weighted by molar-refractivity contribution is 7.91. The predicted molar refractivity (Wildman–Crippen MR) is 139 cm³/mol. The third-order valence-electron chi connectivity index (χ3n) is 6.47. The van der Waals surface area contributed by atoms with Crippen molar-refractivity contribution in [2.75, 3.05) is 11.5 Å². The lowest BCUT2D eigenvalue weighted by molar-refractivity contribution is -0.183. The fourth-order valence-electron chi connectivity index (χ4n) is 3.99. The first-order valence-electron chi connectivity index (χ1n) is 12.6. The first-order valence-corrected chi connectivity index (χ1v) is 14.4. The summed E-state index contributed by atoms with van der Waals surface area (Å²) in [4.78, 5) is 39.2. The number of benzene rings is 2. The van der Waals surface area contributed by atoms with Crippen LogP contribution in [0.4, 0.5) is 17.6 Å². The Labute approximate surface area is 230 Å². The van der Waals surface area contributed by atoms with Crippen molar-refractivity contribution in [1.82, 2.24) is 15.8 Å². The number of sulfone groups is 1. The van der Waals surface area contributed by atoms with E-state index in [-0.39, 0.29) is 18.2 Å². The van der Waals surface area contributed by atoms with Gasteiger partial charge in [0.2, 0.25) is 11.7 Å². The fraction of sp³-hybridized carbons (Fsp3) is 0.444. The number of rotatable bonds is 13. The van der Waals surface area contributed by atoms with Gasteiger partial charge in [-0.2, -0.15) is 13.2 Å². The van der Waals surface area contributed by atoms with Crippen LogP contribution in [0.1, 0.15) is 50.3 Å². The Bertz CT molecular complexity index is 1310. The number of hydrogen-bond donors (Lipinski definition) is 2. The summed E-state index contributed by atoms with van der Waals surface area (Å²) in [5.74, 6) is -5.09. The van der Waals surface area contributed by atoms with Crippen LogP contribution in [-0.4, -0.2) is 54.2 Å². The van der Waals surface area contributed by atoms with Gasteiger partial charge in [0, 0.05) is 13.0 Å². The Morgan fingerprint density at radius 1 is 1.00 bits per heavy atom. The number of hydrazine groups is 1. The molecule has 1 aliphatic carbocycles. The van der Waals surface area contributed by atoms with Gasteiger partial charge in [-0.1, -0.05) is 42.5 Å². The van der Waals surface area contributed by atoms with Crippen molar-refractivity contribution < 1.29 is 40.4 Å². The van der Waals surface area contributed by atoms with Gasteiger partial charge in [-0.15, -0.1) is 0 Å². The number of amides is 2. The summed E-state index contributed by atoms with van der Waals surface area (Å²) in [5.41, 5.74) is 0.0173. The standard InChI is InChI=1S/C27H31F4N3O5S/c1-26(2,24(36)25(37)32-16-18-6-4-3-5-7-18)34(22(35)14-15-40(38,39)17-19-8-9-19)33-23(27(29,30)31)20-10-12-21(28)13-11-20/h3-7,10-13,19,23,33H,8-9,14-17H2,1-2H3,(H,32,37)/t23-/m1/s1. The maximum absolute atomic E-state index is 14.2. The van der Waals surface area contributed by atoms with Crippen molar-refractivity contribution in [1.29, 1.82) is 0 Å². The SMILES string of the molecule is CC(C)(C(=O)C(=O)NCc1ccccc1)N(N[C@H](c1ccc(F)cc1)C(F)(F)F)C(=O)CCS(=O)(=O)CC1CC1. The second kappa shape index (κ2) is 12.5. The maximum Gasteiger partial charge on any atom is 0.409 e. The monoisotopic (exact) mass is 585 g/mol. The van der Waals surface area contributed by atoms with Gasteiger partial charge in [0.05, 0.1) is 11.5 Å². The van der Waals surface area contributed by atoms with Crippen LogP contribution in [-0.2, 0) is 30.8 Å². The van der Waals surface area contributed by atoms with Crippen molar-refractivity contribution in [3.63, 3.8) is 0 Å². The molecule has 0 aromatic heterocycles. The number of alkyl halides is 3. The molecular weight excluding hydrogens is 554 g/mol. The van der Waals surface area contributed by atoms with Gasteiger partial charge in [0.15, 0.2) is 9.84 Å². The van der Waals surface area contributed by atoms with Crippen molar-refractivity contribution in [2.45, 2.75) is 57.4 Å². The van der Waals surface area contributed by atoms with Crippen LogP contribution in [0.25, 0.3) is 0 Å². The molecular formula is C27H31F4N3O5S. The van der Waals surface area contributed by atoms with E-state index in [1.165, 1.54) is 0 Å². The van der Waals surface area contributed by atoms with Gasteiger partial charge in [-0.25, -0.2) is 18.2 Å². The molecule has 8 nitrogen and oxygen atoms in total. The molecule has 218 valence electrons. The summed E-state index contributed by atoms with van der Waals surface area (Å²) in [6.07, 6.45) is -4.27. The third-order valence-corrected chi connectivity index (χ3v) is 8.27. The number of nitrogens with one attached hydrogen (secondary N) is 2. The quantitative estimate of drug-likeness (QED) is 0.211. The van der Waals surface area contributed by atoms with E-state index in [0.717, 1.165) is 51.0 Å². The highest BCUT2D eigenvalue weighted by Gasteiger charge is 2.48. The first-order chi connectivity index (χ1) is 18.6. The summed E-state index contributed by atoms with van der Waals surface area (Å²) in [6, 6.07) is 9.30. The van der Waals surface area contributed by atoms with E-state index >= 15 is 0 Å². The molecule has 1 aliphatic rings. The molecule has 0 radical (unpaired) electrons. The lowest BCUT2D eigenvalue weighted by Gasteiger charge is -2.40. The number of halogens is 4. The minimum absolute atomic E-state index is 0.00579. The van der Waals surface area contributed by atoms with Crippen molar-refractivity contribution in [2.24, 2.45) is 5.92 Å². The summed E-state index contributed by atoms with van der Waals surface area (Å²) in [7, 11) is -3.69. The molecule has 2 aromatic rings. The third kappa shape index (κ3) is 8.59. The van der Waals surface area contributed by atoms with E-state index in [1.54, 1.807) is 30.3 Å². The largest absolute Gasteiger partial charge is 0.409 e. The highest BCUT2D eigenvalue weighted by Crippen LogP contribution is 2.35. The molecule has 1 fully saturated rings. The van der Waals surface area contributed by atoms with E-state index < -0.39 is 68.7 Å². The van der Waals surface area contributed by atoms with Gasteiger partial charge in [-0.3, -0.25) is 19.4 Å². The smallest absolute Gasteiger partial charge is 0.345 e. The number of Topliss-reactive ketones (excluding diaryl/α,β-unsaturated/α-hetero) is 1. The predicted octanol–water partition coefficient (Wildman–Crippen LogP) is 3.64. The first kappa shape index (κ1) is 31.2. The van der Waals surface area contributed by atoms with Gasteiger partial charge in [0.1, 0.15) is 17.4 Å². The molecule has 2 aromatic carbocycles. The second-order valence-corrected chi connectivity index (χ2v) is 12.5. The molecule has 0 bridgehead atoms. The van der Waals surface area contributed by atoms with Crippen LogP contribution in [0.5, 0.6) is 0 Å². The number of nitrogens with zero attached hydrogens (tertiary/aromatic N) is 1. The van der Waals surface area contributed by atoms with Gasteiger partial charge >= 0.3 is 6.18 Å². The Hall–Kier alpha value is -3.32. The molecule has 0 aliphatic heterocycles. The van der Waals surface area contributed by atoms with E-state index in [9.17, 15) is 40.4 Å². The molecule has 0 heterocycles. The van der Waals surface area contributed by atoms with Crippen LogP contribution in [0, 0.1) is 11.7 Å². The molecule has 0 saturated heterocycles. The zero-order chi connectivity index (χ0) is 29.7. The molecule has 13 heteroatoms. The molecule has 0 unspecified atom stereocenters. The zero-order valence-corrected chi connectivity index (χ0v) is 22.8. The van der Waals surface area contributed by atoms with Gasteiger partial charge in [-0.05, 0) is 55.9 Å². The van der Waals surface area contributed by atoms with Crippen molar-refractivity contribution in [3.8, 4) is 0 Å². The lowest BCUT2D eigenvalue weighted by atomic mass is 9.96. The van der Waals surface area contributed by atoms with E-state index in [0.29, 0.717) is 10.6 Å². The summed E-state index contributed by atoms with van der Waals surface area (Å²) in [5, 5.41) is 2.76. The number of carbonyl (C=O) groups is 3. The lowest BCUT2D eigenvalue weighted by Crippen LogP contribution is -2.63. The van der Waals surface area contributed by atoms with Crippen LogP contribution < -0.4 is 10.7 Å². The van der Waals surface area contributed by atoms with Crippen LogP contribution in [0.3, 0.4) is 0 Å². The normalized spacial score (nSPS) is 14.8. The Kier molecular flexibility index (Phi) is 9.72. The topological polar surface area (TPSA) is 113 Å². The van der Waals surface area contributed by atoms with E-state index in [2.05, 4.69) is 5.32 Å². The Morgan fingerprint density at radius 3 is 2.15 bits per heavy atom.